The Kier molecular flexibility index (Phi) is 9.81. The number of carbonyl (C=O) groups excluding carboxylic acids is 1. The molecule has 3 unspecified atom stereocenters. The molecule has 1 heterocycles. The average molecular weight is 739 g/mol. The fourth-order valence-corrected chi connectivity index (χ4v) is 8.53. The molecule has 3 aromatic carbocycles. The van der Waals surface area contributed by atoms with E-state index < -0.39 is 53.3 Å². The van der Waals surface area contributed by atoms with E-state index in [9.17, 15) is 37.2 Å². The normalized spacial score (nSPS) is 24.7. The number of methoxy groups -OCH3 is 1. The highest BCUT2D eigenvalue weighted by atomic mass is 19.4. The van der Waals surface area contributed by atoms with Gasteiger partial charge in [-0.3, -0.25) is 4.79 Å². The highest BCUT2D eigenvalue weighted by molar-refractivity contribution is 6.04. The van der Waals surface area contributed by atoms with E-state index in [1.54, 1.807) is 6.07 Å². The summed E-state index contributed by atoms with van der Waals surface area (Å²) >= 11 is 0. The number of carboxylic acids is 1. The number of allylic oxidation sites excluding steroid dienone is 1. The van der Waals surface area contributed by atoms with Crippen molar-refractivity contribution < 1.29 is 51.0 Å². The van der Waals surface area contributed by atoms with Gasteiger partial charge in [-0.1, -0.05) is 41.8 Å². The first-order valence-corrected chi connectivity index (χ1v) is 17.6. The van der Waals surface area contributed by atoms with Gasteiger partial charge in [0.15, 0.2) is 0 Å². The van der Waals surface area contributed by atoms with Crippen molar-refractivity contribution in [3.05, 3.63) is 99.5 Å². The summed E-state index contributed by atoms with van der Waals surface area (Å²) in [7, 11) is 1.39. The number of hydrogen-bond acceptors (Lipinski definition) is 6. The van der Waals surface area contributed by atoms with Crippen molar-refractivity contribution in [2.24, 2.45) is 28.8 Å². The molecular weight excluding hydrogens is 701 g/mol. The number of fused-ring (bicyclic) bond motifs is 2. The average Bonchev–Trinajstić information content (AvgIpc) is 3.95. The monoisotopic (exact) mass is 738 g/mol. The molecule has 9 nitrogen and oxygen atoms in total. The third-order valence-electron chi connectivity index (χ3n) is 11.1. The predicted octanol–water partition coefficient (Wildman–Crippen LogP) is 8.22. The zero-order valence-electron chi connectivity index (χ0n) is 28.7. The SMILES string of the molecule is COc1ccc(-c2cc(C3=NOC(C(=O)O)C3)ccc2F)cc1C(=O)N[C@@H]1C2CCC(/C2=C/C2CCCC2)[C@@H]1C[N+](=O)c1ccc(F)c(C(F)(F)F)c1. The third-order valence-corrected chi connectivity index (χ3v) is 11.1. The smallest absolute Gasteiger partial charge is 0.419 e. The number of halogens is 5. The van der Waals surface area contributed by atoms with Crippen molar-refractivity contribution in [3.8, 4) is 16.9 Å². The van der Waals surface area contributed by atoms with Crippen LogP contribution in [0, 0.1) is 40.2 Å². The highest BCUT2D eigenvalue weighted by Gasteiger charge is 2.54. The maximum atomic E-state index is 15.3. The number of carbonyl (C=O) groups is 2. The standard InChI is InChI=1S/C39H36F5N3O6/c1-52-34-13-7-21(26-16-22(6-11-31(26)40)33-18-35(38(49)50)53-46-33)15-28(34)37(48)45-36-25-10-9-24(27(25)14-20-4-2-3-5-20)29(36)19-47(51)23-8-12-32(41)30(17-23)39(42,43)44/h6-8,11-17,20,24-25,29,35-36H,2-5,9-10,18-19H2,1H3,(H-,45,48,49,50)/p+1/b27-14-/t24?,25?,29-,35?,36+/m0/s1. The first-order valence-electron chi connectivity index (χ1n) is 17.6. The number of nitrogens with one attached hydrogen (secondary N) is 1. The lowest BCUT2D eigenvalue weighted by molar-refractivity contribution is -0.474. The molecule has 0 spiro atoms. The van der Waals surface area contributed by atoms with E-state index in [0.29, 0.717) is 39.6 Å². The number of nitroso groups, excluding NO2 is 1. The van der Waals surface area contributed by atoms with Gasteiger partial charge in [-0.25, -0.2) is 13.6 Å². The van der Waals surface area contributed by atoms with Crippen molar-refractivity contribution in [3.63, 3.8) is 0 Å². The number of rotatable bonds is 10. The second-order valence-electron chi connectivity index (χ2n) is 14.2. The molecule has 0 radical (unpaired) electrons. The zero-order valence-corrected chi connectivity index (χ0v) is 28.7. The molecular formula is C39H37F5N3O6+. The highest BCUT2D eigenvalue weighted by Crippen LogP contribution is 2.54. The molecule has 0 saturated heterocycles. The van der Waals surface area contributed by atoms with Gasteiger partial charge < -0.3 is 20.0 Å². The topological polar surface area (TPSA) is 117 Å². The van der Waals surface area contributed by atoms with Gasteiger partial charge in [-0.2, -0.15) is 13.2 Å². The Morgan fingerprint density at radius 1 is 0.981 bits per heavy atom. The maximum absolute atomic E-state index is 15.3. The summed E-state index contributed by atoms with van der Waals surface area (Å²) in [5.74, 6) is -3.86. The van der Waals surface area contributed by atoms with E-state index in [4.69, 9.17) is 9.57 Å². The van der Waals surface area contributed by atoms with Crippen LogP contribution >= 0.6 is 0 Å². The summed E-state index contributed by atoms with van der Waals surface area (Å²) in [6.07, 6.45) is 1.93. The number of benzene rings is 3. The minimum atomic E-state index is -4.98. The number of ether oxygens (including phenoxy) is 1. The molecule has 3 fully saturated rings. The molecule has 3 saturated carbocycles. The molecule has 3 aromatic rings. The molecule has 1 aliphatic heterocycles. The van der Waals surface area contributed by atoms with Gasteiger partial charge in [0.1, 0.15) is 17.4 Å². The van der Waals surface area contributed by atoms with Crippen LogP contribution in [0.5, 0.6) is 5.75 Å². The molecule has 3 aliphatic carbocycles. The van der Waals surface area contributed by atoms with Crippen LogP contribution in [-0.2, 0) is 15.8 Å². The Morgan fingerprint density at radius 2 is 1.70 bits per heavy atom. The lowest BCUT2D eigenvalue weighted by atomic mass is 9.84. The van der Waals surface area contributed by atoms with Crippen LogP contribution < -0.4 is 10.1 Å². The van der Waals surface area contributed by atoms with E-state index in [2.05, 4.69) is 16.5 Å². The molecule has 0 aromatic heterocycles. The Labute approximate surface area is 301 Å². The van der Waals surface area contributed by atoms with Gasteiger partial charge in [-0.15, -0.1) is 0 Å². The minimum absolute atomic E-state index is 0.00991. The molecule has 14 heteroatoms. The van der Waals surface area contributed by atoms with Crippen LogP contribution in [0.4, 0.5) is 27.6 Å². The molecule has 53 heavy (non-hydrogen) atoms. The second-order valence-corrected chi connectivity index (χ2v) is 14.2. The van der Waals surface area contributed by atoms with E-state index >= 15 is 4.39 Å². The van der Waals surface area contributed by atoms with Gasteiger partial charge in [0, 0.05) is 51.3 Å². The van der Waals surface area contributed by atoms with E-state index in [-0.39, 0.29) is 47.4 Å². The molecule has 4 aliphatic rings. The molecule has 278 valence electrons. The van der Waals surface area contributed by atoms with Crippen LogP contribution in [0.2, 0.25) is 0 Å². The lowest BCUT2D eigenvalue weighted by Crippen LogP contribution is -2.46. The van der Waals surface area contributed by atoms with Gasteiger partial charge >= 0.3 is 12.1 Å². The van der Waals surface area contributed by atoms with Crippen LogP contribution in [0.15, 0.2) is 71.4 Å². The first-order chi connectivity index (χ1) is 25.3. The van der Waals surface area contributed by atoms with Crippen LogP contribution in [0.25, 0.3) is 11.1 Å². The van der Waals surface area contributed by atoms with Gasteiger partial charge in [0.05, 0.1) is 29.9 Å². The summed E-state index contributed by atoms with van der Waals surface area (Å²) in [5.41, 5.74) is 0.620. The second kappa shape index (κ2) is 14.4. The molecule has 1 amide bonds. The Morgan fingerprint density at radius 3 is 2.40 bits per heavy atom. The summed E-state index contributed by atoms with van der Waals surface area (Å²) in [5, 5.41) is 16.3. The lowest BCUT2D eigenvalue weighted by Gasteiger charge is -2.29. The minimum Gasteiger partial charge on any atom is -0.496 e. The number of alkyl halides is 3. The summed E-state index contributed by atoms with van der Waals surface area (Å²) in [6, 6.07) is 10.4. The van der Waals surface area contributed by atoms with Gasteiger partial charge in [0.25, 0.3) is 11.6 Å². The quantitative estimate of drug-likeness (QED) is 0.123. The van der Waals surface area contributed by atoms with Gasteiger partial charge in [-0.05, 0) is 73.4 Å². The van der Waals surface area contributed by atoms with Crippen molar-refractivity contribution >= 4 is 23.3 Å². The Bertz CT molecular complexity index is 2020. The fourth-order valence-electron chi connectivity index (χ4n) is 8.53. The third kappa shape index (κ3) is 7.15. The van der Waals surface area contributed by atoms with E-state index in [1.807, 2.05) is 0 Å². The number of hydrogen-bond donors (Lipinski definition) is 2. The first kappa shape index (κ1) is 36.2. The van der Waals surface area contributed by atoms with Crippen LogP contribution in [0.1, 0.15) is 66.4 Å². The Balaban J connectivity index is 1.19. The van der Waals surface area contributed by atoms with Crippen molar-refractivity contribution in [2.45, 2.75) is 63.3 Å². The summed E-state index contributed by atoms with van der Waals surface area (Å²) < 4.78 is 75.9. The fraction of sp³-hybridized carbons (Fsp3) is 0.410. The number of aliphatic carboxylic acids is 1. The molecule has 2 bridgehead atoms. The predicted molar refractivity (Wildman–Crippen MR) is 183 cm³/mol. The number of amides is 1. The number of oxime groups is 1. The molecule has 5 atom stereocenters. The van der Waals surface area contributed by atoms with Gasteiger partial charge in [0.2, 0.25) is 12.6 Å². The molecule has 2 N–H and O–H groups in total. The maximum Gasteiger partial charge on any atom is 0.419 e. The summed E-state index contributed by atoms with van der Waals surface area (Å²) in [6.45, 7) is -0.234. The largest absolute Gasteiger partial charge is 0.496 e. The van der Waals surface area contributed by atoms with E-state index in [0.717, 1.165) is 50.2 Å². The molecule has 7 rings (SSSR count). The van der Waals surface area contributed by atoms with Crippen molar-refractivity contribution in [2.75, 3.05) is 13.7 Å². The number of nitrogens with zero attached hydrogens (tertiary/aromatic N) is 2. The summed E-state index contributed by atoms with van der Waals surface area (Å²) in [4.78, 5) is 44.1. The Hall–Kier alpha value is -5.14. The van der Waals surface area contributed by atoms with Crippen LogP contribution in [0.3, 0.4) is 0 Å². The van der Waals surface area contributed by atoms with Crippen molar-refractivity contribution in [1.82, 2.24) is 5.32 Å². The zero-order chi connectivity index (χ0) is 37.6. The number of carboxylic acid groups (broad SMARTS) is 1. The van der Waals surface area contributed by atoms with E-state index in [1.165, 1.54) is 37.4 Å². The van der Waals surface area contributed by atoms with Crippen LogP contribution in [-0.4, -0.2) is 53.3 Å². The van der Waals surface area contributed by atoms with Crippen molar-refractivity contribution in [1.29, 1.82) is 0 Å².